The molecule has 0 aliphatic heterocycles. The molecule has 0 radical (unpaired) electrons. The molecule has 2 rings (SSSR count). The molecular formula is C7H10ClN3. The standard InChI is InChI=1S/C7H10ClN3/c8-6-1-7(6,4-9)5-2-10-11-3-5/h2-3,6H,1,4,9H2,(H,10,11). The molecule has 1 aromatic rings. The summed E-state index contributed by atoms with van der Waals surface area (Å²) in [6.07, 6.45) is 4.65. The number of aromatic nitrogens is 2. The van der Waals surface area contributed by atoms with Crippen molar-refractivity contribution in [2.75, 3.05) is 6.54 Å². The molecule has 3 nitrogen and oxygen atoms in total. The van der Waals surface area contributed by atoms with Crippen LogP contribution in [0.15, 0.2) is 12.4 Å². The van der Waals surface area contributed by atoms with E-state index in [0.717, 1.165) is 12.0 Å². The summed E-state index contributed by atoms with van der Waals surface area (Å²) in [7, 11) is 0. The molecule has 3 N–H and O–H groups in total. The molecule has 0 aromatic carbocycles. The van der Waals surface area contributed by atoms with Gasteiger partial charge in [-0.1, -0.05) is 0 Å². The van der Waals surface area contributed by atoms with Gasteiger partial charge in [0.15, 0.2) is 0 Å². The lowest BCUT2D eigenvalue weighted by atomic mass is 10.0. The van der Waals surface area contributed by atoms with Crippen molar-refractivity contribution in [3.63, 3.8) is 0 Å². The first-order valence-electron chi connectivity index (χ1n) is 3.63. The van der Waals surface area contributed by atoms with Gasteiger partial charge < -0.3 is 5.73 Å². The maximum Gasteiger partial charge on any atom is 0.0525 e. The van der Waals surface area contributed by atoms with Gasteiger partial charge in [-0.3, -0.25) is 5.10 Å². The Morgan fingerprint density at radius 2 is 2.64 bits per heavy atom. The molecule has 1 aliphatic rings. The third-order valence-corrected chi connectivity index (χ3v) is 2.99. The Balaban J connectivity index is 2.28. The van der Waals surface area contributed by atoms with E-state index >= 15 is 0 Å². The summed E-state index contributed by atoms with van der Waals surface area (Å²) in [4.78, 5) is 0. The van der Waals surface area contributed by atoms with Crippen molar-refractivity contribution in [3.8, 4) is 0 Å². The van der Waals surface area contributed by atoms with E-state index in [2.05, 4.69) is 10.2 Å². The second-order valence-corrected chi connectivity index (χ2v) is 3.55. The summed E-state index contributed by atoms with van der Waals surface area (Å²) >= 11 is 5.98. The fraction of sp³-hybridized carbons (Fsp3) is 0.571. The zero-order chi connectivity index (χ0) is 7.90. The lowest BCUT2D eigenvalue weighted by Gasteiger charge is -2.08. The third kappa shape index (κ3) is 0.880. The molecule has 60 valence electrons. The average molecular weight is 172 g/mol. The number of halogens is 1. The summed E-state index contributed by atoms with van der Waals surface area (Å²) in [6, 6.07) is 0. The summed E-state index contributed by atoms with van der Waals surface area (Å²) in [6.45, 7) is 0.612. The lowest BCUT2D eigenvalue weighted by Crippen LogP contribution is -2.22. The second kappa shape index (κ2) is 2.22. The Morgan fingerprint density at radius 1 is 1.91 bits per heavy atom. The molecule has 0 saturated heterocycles. The first kappa shape index (κ1) is 7.13. The minimum atomic E-state index is 0.0224. The number of H-pyrrole nitrogens is 1. The molecule has 1 saturated carbocycles. The van der Waals surface area contributed by atoms with Crippen molar-refractivity contribution in [3.05, 3.63) is 18.0 Å². The topological polar surface area (TPSA) is 54.7 Å². The van der Waals surface area contributed by atoms with E-state index in [1.165, 1.54) is 0 Å². The molecule has 2 atom stereocenters. The number of nitrogens with two attached hydrogens (primary N) is 1. The van der Waals surface area contributed by atoms with E-state index in [9.17, 15) is 0 Å². The third-order valence-electron chi connectivity index (χ3n) is 2.42. The van der Waals surface area contributed by atoms with Gasteiger partial charge in [-0.15, -0.1) is 11.6 Å². The Bertz CT molecular complexity index is 242. The van der Waals surface area contributed by atoms with Gasteiger partial charge in [-0.05, 0) is 12.0 Å². The summed E-state index contributed by atoms with van der Waals surface area (Å²) < 4.78 is 0. The average Bonchev–Trinajstić information content (AvgIpc) is 2.55. The van der Waals surface area contributed by atoms with Crippen molar-refractivity contribution in [2.24, 2.45) is 5.73 Å². The highest BCUT2D eigenvalue weighted by Gasteiger charge is 2.53. The van der Waals surface area contributed by atoms with Crippen molar-refractivity contribution < 1.29 is 0 Å². The molecule has 4 heteroatoms. The van der Waals surface area contributed by atoms with Crippen LogP contribution in [0.5, 0.6) is 0 Å². The van der Waals surface area contributed by atoms with E-state index in [-0.39, 0.29) is 10.8 Å². The van der Waals surface area contributed by atoms with Gasteiger partial charge >= 0.3 is 0 Å². The highest BCUT2D eigenvalue weighted by Crippen LogP contribution is 2.50. The number of rotatable bonds is 2. The van der Waals surface area contributed by atoms with E-state index < -0.39 is 0 Å². The van der Waals surface area contributed by atoms with Crippen molar-refractivity contribution >= 4 is 11.6 Å². The Labute approximate surface area is 69.9 Å². The van der Waals surface area contributed by atoms with E-state index in [4.69, 9.17) is 17.3 Å². The SMILES string of the molecule is NCC1(c2cn[nH]c2)CC1Cl. The zero-order valence-corrected chi connectivity index (χ0v) is 6.80. The van der Waals surface area contributed by atoms with Gasteiger partial charge in [0.25, 0.3) is 0 Å². The van der Waals surface area contributed by atoms with Crippen LogP contribution >= 0.6 is 11.6 Å². The minimum Gasteiger partial charge on any atom is -0.330 e. The molecule has 0 bridgehead atoms. The molecular weight excluding hydrogens is 162 g/mol. The highest BCUT2D eigenvalue weighted by molar-refractivity contribution is 6.24. The minimum absolute atomic E-state index is 0.0224. The van der Waals surface area contributed by atoms with Crippen LogP contribution in [0.25, 0.3) is 0 Å². The van der Waals surface area contributed by atoms with Crippen LogP contribution in [0.3, 0.4) is 0 Å². The Hall–Kier alpha value is -0.540. The Morgan fingerprint density at radius 3 is 3.00 bits per heavy atom. The van der Waals surface area contributed by atoms with Crippen LogP contribution in [0.4, 0.5) is 0 Å². The monoisotopic (exact) mass is 171 g/mol. The molecule has 1 aliphatic carbocycles. The predicted molar refractivity (Wildman–Crippen MR) is 43.6 cm³/mol. The van der Waals surface area contributed by atoms with Crippen molar-refractivity contribution in [2.45, 2.75) is 17.2 Å². The number of hydrogen-bond donors (Lipinski definition) is 2. The van der Waals surface area contributed by atoms with Crippen LogP contribution in [0.1, 0.15) is 12.0 Å². The quantitative estimate of drug-likeness (QED) is 0.641. The molecule has 1 aromatic heterocycles. The maximum absolute atomic E-state index is 5.98. The maximum atomic E-state index is 5.98. The normalized spacial score (nSPS) is 35.6. The van der Waals surface area contributed by atoms with Gasteiger partial charge in [0.1, 0.15) is 0 Å². The van der Waals surface area contributed by atoms with Crippen LogP contribution in [0, 0.1) is 0 Å². The first-order chi connectivity index (χ1) is 5.29. The number of hydrogen-bond acceptors (Lipinski definition) is 2. The number of nitrogens with one attached hydrogen (secondary N) is 1. The number of aromatic amines is 1. The summed E-state index contributed by atoms with van der Waals surface area (Å²) in [5.41, 5.74) is 6.79. The van der Waals surface area contributed by atoms with Gasteiger partial charge in [0.2, 0.25) is 0 Å². The predicted octanol–water partition coefficient (Wildman–Crippen LogP) is 0.617. The van der Waals surface area contributed by atoms with Gasteiger partial charge in [0, 0.05) is 23.5 Å². The second-order valence-electron chi connectivity index (χ2n) is 3.02. The summed E-state index contributed by atoms with van der Waals surface area (Å²) in [5.74, 6) is 0. The van der Waals surface area contributed by atoms with Crippen LogP contribution in [-0.2, 0) is 5.41 Å². The largest absolute Gasteiger partial charge is 0.330 e. The number of alkyl halides is 1. The van der Waals surface area contributed by atoms with Gasteiger partial charge in [0.05, 0.1) is 6.20 Å². The highest BCUT2D eigenvalue weighted by atomic mass is 35.5. The molecule has 0 amide bonds. The molecule has 11 heavy (non-hydrogen) atoms. The number of nitrogens with zero attached hydrogens (tertiary/aromatic N) is 1. The first-order valence-corrected chi connectivity index (χ1v) is 4.06. The fourth-order valence-corrected chi connectivity index (χ4v) is 1.90. The van der Waals surface area contributed by atoms with E-state index in [0.29, 0.717) is 6.54 Å². The van der Waals surface area contributed by atoms with Crippen LogP contribution in [-0.4, -0.2) is 22.1 Å². The molecule has 2 unspecified atom stereocenters. The molecule has 1 fully saturated rings. The van der Waals surface area contributed by atoms with Crippen molar-refractivity contribution in [1.29, 1.82) is 0 Å². The lowest BCUT2D eigenvalue weighted by molar-refractivity contribution is 0.707. The van der Waals surface area contributed by atoms with E-state index in [1.807, 2.05) is 6.20 Å². The Kier molecular flexibility index (Phi) is 1.44. The van der Waals surface area contributed by atoms with Crippen LogP contribution in [0.2, 0.25) is 0 Å². The fourth-order valence-electron chi connectivity index (χ4n) is 1.41. The molecule has 0 spiro atoms. The van der Waals surface area contributed by atoms with E-state index in [1.54, 1.807) is 6.20 Å². The van der Waals surface area contributed by atoms with Crippen molar-refractivity contribution in [1.82, 2.24) is 10.2 Å². The zero-order valence-electron chi connectivity index (χ0n) is 6.05. The van der Waals surface area contributed by atoms with Gasteiger partial charge in [-0.25, -0.2) is 0 Å². The van der Waals surface area contributed by atoms with Gasteiger partial charge in [-0.2, -0.15) is 5.10 Å². The molecule has 1 heterocycles. The van der Waals surface area contributed by atoms with Crippen LogP contribution < -0.4 is 5.73 Å². The summed E-state index contributed by atoms with van der Waals surface area (Å²) in [5, 5.41) is 6.84. The smallest absolute Gasteiger partial charge is 0.0525 e.